The fourth-order valence-corrected chi connectivity index (χ4v) is 2.79. The molecule has 0 fully saturated rings. The van der Waals surface area contributed by atoms with Crippen LogP contribution in [0.4, 0.5) is 0 Å². The normalized spacial score (nSPS) is 12.4. The summed E-state index contributed by atoms with van der Waals surface area (Å²) in [6, 6.07) is 10.9. The molecule has 0 bridgehead atoms. The Labute approximate surface area is 119 Å². The quantitative estimate of drug-likeness (QED) is 0.802. The van der Waals surface area contributed by atoms with E-state index in [0.717, 1.165) is 12.3 Å². The maximum absolute atomic E-state index is 5.80. The van der Waals surface area contributed by atoms with Gasteiger partial charge < -0.3 is 10.1 Å². The first-order chi connectivity index (χ1) is 9.16. The van der Waals surface area contributed by atoms with E-state index in [1.54, 1.807) is 11.3 Å². The molecule has 0 aliphatic rings. The van der Waals surface area contributed by atoms with E-state index in [9.17, 15) is 0 Å². The molecule has 0 radical (unpaired) electrons. The molecular weight excluding hydrogens is 254 g/mol. The second-order valence-electron chi connectivity index (χ2n) is 4.81. The molecule has 102 valence electrons. The number of ether oxygens (including phenoxy) is 1. The highest BCUT2D eigenvalue weighted by atomic mass is 32.1. The number of nitrogens with one attached hydrogen (secondary N) is 1. The first-order valence-electron chi connectivity index (χ1n) is 6.63. The molecule has 2 nitrogen and oxygen atoms in total. The Morgan fingerprint density at radius 3 is 2.79 bits per heavy atom. The van der Waals surface area contributed by atoms with Crippen LogP contribution in [0.15, 0.2) is 35.7 Å². The van der Waals surface area contributed by atoms with Gasteiger partial charge in [0.1, 0.15) is 12.4 Å². The minimum absolute atomic E-state index is 0.391. The summed E-state index contributed by atoms with van der Waals surface area (Å²) >= 11 is 1.79. The monoisotopic (exact) mass is 275 g/mol. The van der Waals surface area contributed by atoms with Gasteiger partial charge >= 0.3 is 0 Å². The highest BCUT2D eigenvalue weighted by Gasteiger charge is 2.05. The van der Waals surface area contributed by atoms with Gasteiger partial charge in [-0.15, -0.1) is 11.3 Å². The Bertz CT molecular complexity index is 507. The van der Waals surface area contributed by atoms with Crippen LogP contribution < -0.4 is 10.1 Å². The van der Waals surface area contributed by atoms with Gasteiger partial charge in [-0.1, -0.05) is 23.8 Å². The molecule has 1 atom stereocenters. The summed E-state index contributed by atoms with van der Waals surface area (Å²) in [5.41, 5.74) is 2.47. The summed E-state index contributed by atoms with van der Waals surface area (Å²) in [5.74, 6) is 0.983. The molecule has 2 rings (SSSR count). The van der Waals surface area contributed by atoms with Crippen molar-refractivity contribution in [3.8, 4) is 5.75 Å². The lowest BCUT2D eigenvalue weighted by Gasteiger charge is -2.14. The predicted octanol–water partition coefficient (Wildman–Crippen LogP) is 4.09. The first kappa shape index (κ1) is 14.1. The molecule has 0 spiro atoms. The van der Waals surface area contributed by atoms with Crippen LogP contribution in [0.1, 0.15) is 29.0 Å². The van der Waals surface area contributed by atoms with Crippen LogP contribution in [0.3, 0.4) is 0 Å². The van der Waals surface area contributed by atoms with Crippen LogP contribution in [-0.2, 0) is 0 Å². The summed E-state index contributed by atoms with van der Waals surface area (Å²) < 4.78 is 5.80. The number of aryl methyl sites for hydroxylation is 2. The Kier molecular flexibility index (Phi) is 5.00. The van der Waals surface area contributed by atoms with Gasteiger partial charge in [0.25, 0.3) is 0 Å². The Morgan fingerprint density at radius 2 is 2.11 bits per heavy atom. The average molecular weight is 275 g/mol. The van der Waals surface area contributed by atoms with Crippen molar-refractivity contribution in [1.29, 1.82) is 0 Å². The molecule has 2 aromatic rings. The highest BCUT2D eigenvalue weighted by Crippen LogP contribution is 2.19. The molecule has 0 amide bonds. The van der Waals surface area contributed by atoms with Crippen molar-refractivity contribution in [2.45, 2.75) is 26.8 Å². The molecule has 1 N–H and O–H groups in total. The van der Waals surface area contributed by atoms with Crippen molar-refractivity contribution in [3.05, 3.63) is 51.7 Å². The average Bonchev–Trinajstić information content (AvgIpc) is 2.90. The lowest BCUT2D eigenvalue weighted by Crippen LogP contribution is -2.23. The Morgan fingerprint density at radius 1 is 1.26 bits per heavy atom. The van der Waals surface area contributed by atoms with E-state index in [2.05, 4.69) is 55.7 Å². The van der Waals surface area contributed by atoms with E-state index in [1.807, 2.05) is 6.07 Å². The van der Waals surface area contributed by atoms with Crippen LogP contribution in [0.2, 0.25) is 0 Å². The minimum Gasteiger partial charge on any atom is -0.492 e. The van der Waals surface area contributed by atoms with Crippen LogP contribution in [0, 0.1) is 13.8 Å². The van der Waals surface area contributed by atoms with E-state index in [1.165, 1.54) is 16.0 Å². The van der Waals surface area contributed by atoms with Crippen molar-refractivity contribution in [3.63, 3.8) is 0 Å². The summed E-state index contributed by atoms with van der Waals surface area (Å²) in [6.45, 7) is 7.92. The zero-order valence-electron chi connectivity index (χ0n) is 11.8. The minimum atomic E-state index is 0.391. The summed E-state index contributed by atoms with van der Waals surface area (Å²) in [6.07, 6.45) is 0. The summed E-state index contributed by atoms with van der Waals surface area (Å²) in [5, 5.41) is 5.58. The standard InChI is InChI=1S/C16H21NOS/c1-12-6-7-15(13(2)11-12)18-9-8-17-14(3)16-5-4-10-19-16/h4-7,10-11,14,17H,8-9H2,1-3H3. The van der Waals surface area contributed by atoms with Gasteiger partial charge in [-0.2, -0.15) is 0 Å². The third kappa shape index (κ3) is 4.08. The fourth-order valence-electron chi connectivity index (χ4n) is 2.04. The van der Waals surface area contributed by atoms with Gasteiger partial charge in [-0.25, -0.2) is 0 Å². The maximum atomic E-state index is 5.80. The lowest BCUT2D eigenvalue weighted by atomic mass is 10.1. The number of hydrogen-bond acceptors (Lipinski definition) is 3. The zero-order valence-corrected chi connectivity index (χ0v) is 12.6. The molecule has 0 saturated heterocycles. The van der Waals surface area contributed by atoms with E-state index in [4.69, 9.17) is 4.74 Å². The number of benzene rings is 1. The molecule has 3 heteroatoms. The van der Waals surface area contributed by atoms with Crippen LogP contribution in [-0.4, -0.2) is 13.2 Å². The van der Waals surface area contributed by atoms with Crippen molar-refractivity contribution in [2.75, 3.05) is 13.2 Å². The molecule has 1 heterocycles. The lowest BCUT2D eigenvalue weighted by molar-refractivity contribution is 0.306. The molecule has 19 heavy (non-hydrogen) atoms. The second kappa shape index (κ2) is 6.73. The third-order valence-electron chi connectivity index (χ3n) is 3.11. The topological polar surface area (TPSA) is 21.3 Å². The smallest absolute Gasteiger partial charge is 0.122 e. The van der Waals surface area contributed by atoms with E-state index < -0.39 is 0 Å². The Balaban J connectivity index is 1.75. The van der Waals surface area contributed by atoms with Gasteiger partial charge in [0.15, 0.2) is 0 Å². The van der Waals surface area contributed by atoms with E-state index in [-0.39, 0.29) is 0 Å². The largest absolute Gasteiger partial charge is 0.492 e. The van der Waals surface area contributed by atoms with Gasteiger partial charge in [0, 0.05) is 17.5 Å². The van der Waals surface area contributed by atoms with Gasteiger partial charge in [-0.3, -0.25) is 0 Å². The molecule has 0 aliphatic carbocycles. The summed E-state index contributed by atoms with van der Waals surface area (Å²) in [7, 11) is 0. The third-order valence-corrected chi connectivity index (χ3v) is 4.17. The van der Waals surface area contributed by atoms with Crippen LogP contribution in [0.5, 0.6) is 5.75 Å². The molecule has 0 saturated carbocycles. The number of rotatable bonds is 6. The number of hydrogen-bond donors (Lipinski definition) is 1. The van der Waals surface area contributed by atoms with Crippen molar-refractivity contribution >= 4 is 11.3 Å². The van der Waals surface area contributed by atoms with Crippen molar-refractivity contribution in [2.24, 2.45) is 0 Å². The predicted molar refractivity (Wildman–Crippen MR) is 82.1 cm³/mol. The first-order valence-corrected chi connectivity index (χ1v) is 7.51. The SMILES string of the molecule is Cc1ccc(OCCNC(C)c2cccs2)c(C)c1. The summed E-state index contributed by atoms with van der Waals surface area (Å²) in [4.78, 5) is 1.37. The molecule has 0 aliphatic heterocycles. The highest BCUT2D eigenvalue weighted by molar-refractivity contribution is 7.10. The van der Waals surface area contributed by atoms with E-state index in [0.29, 0.717) is 12.6 Å². The van der Waals surface area contributed by atoms with Gasteiger partial charge in [0.2, 0.25) is 0 Å². The molecule has 1 aromatic carbocycles. The molecule has 1 aromatic heterocycles. The molecular formula is C16H21NOS. The Hall–Kier alpha value is -1.32. The zero-order chi connectivity index (χ0) is 13.7. The van der Waals surface area contributed by atoms with Crippen LogP contribution >= 0.6 is 11.3 Å². The maximum Gasteiger partial charge on any atom is 0.122 e. The van der Waals surface area contributed by atoms with Crippen LogP contribution in [0.25, 0.3) is 0 Å². The number of thiophene rings is 1. The van der Waals surface area contributed by atoms with Crippen molar-refractivity contribution in [1.82, 2.24) is 5.32 Å². The van der Waals surface area contributed by atoms with E-state index >= 15 is 0 Å². The fraction of sp³-hybridized carbons (Fsp3) is 0.375. The second-order valence-corrected chi connectivity index (χ2v) is 5.79. The van der Waals surface area contributed by atoms with Gasteiger partial charge in [0.05, 0.1) is 0 Å². The molecule has 1 unspecified atom stereocenters. The van der Waals surface area contributed by atoms with Crippen molar-refractivity contribution < 1.29 is 4.74 Å². The van der Waals surface area contributed by atoms with Gasteiger partial charge in [-0.05, 0) is 43.8 Å².